The van der Waals surface area contributed by atoms with Crippen molar-refractivity contribution in [1.29, 1.82) is 0 Å². The van der Waals surface area contributed by atoms with Crippen LogP contribution in [0.2, 0.25) is 0 Å². The normalized spacial score (nSPS) is 18.9. The van der Waals surface area contributed by atoms with E-state index in [1.165, 1.54) is 0 Å². The molecule has 5 aromatic carbocycles. The minimum atomic E-state index is -0.636. The van der Waals surface area contributed by atoms with Crippen LogP contribution in [-0.4, -0.2) is 46.8 Å². The van der Waals surface area contributed by atoms with Gasteiger partial charge in [0.2, 0.25) is 0 Å². The smallest absolute Gasteiger partial charge is 0.251 e. The molecule has 6 rings (SSSR count). The molecule has 0 aliphatic carbocycles. The quantitative estimate of drug-likeness (QED) is 0.130. The summed E-state index contributed by atoms with van der Waals surface area (Å²) in [6.07, 6.45) is -0.999. The van der Waals surface area contributed by atoms with Crippen molar-refractivity contribution in [3.63, 3.8) is 0 Å². The fraction of sp³-hybridized carbons (Fsp3) is 0.262. The zero-order valence-corrected chi connectivity index (χ0v) is 28.0. The Morgan fingerprint density at radius 1 is 0.796 bits per heavy atom. The van der Waals surface area contributed by atoms with Crippen molar-refractivity contribution < 1.29 is 24.5 Å². The molecule has 5 atom stereocenters. The highest BCUT2D eigenvalue weighted by atomic mass is 16.7. The number of nitrogens with one attached hydrogen (secondary N) is 1. The molecule has 0 bridgehead atoms. The minimum absolute atomic E-state index is 0.0139. The molecular weight excluding hydrogens is 612 g/mol. The van der Waals surface area contributed by atoms with Crippen molar-refractivity contribution in [1.82, 2.24) is 10.2 Å². The van der Waals surface area contributed by atoms with Crippen molar-refractivity contribution in [3.05, 3.63) is 167 Å². The number of amides is 1. The van der Waals surface area contributed by atoms with E-state index in [2.05, 4.69) is 34.5 Å². The van der Waals surface area contributed by atoms with E-state index in [1.807, 2.05) is 111 Å². The number of carbonyl (C=O) groups excluding carboxylic acids is 1. The molecule has 3 N–H and O–H groups in total. The van der Waals surface area contributed by atoms with E-state index in [4.69, 9.17) is 9.47 Å². The Kier molecular flexibility index (Phi) is 11.3. The van der Waals surface area contributed by atoms with Gasteiger partial charge in [0.1, 0.15) is 0 Å². The summed E-state index contributed by atoms with van der Waals surface area (Å²) >= 11 is 0. The van der Waals surface area contributed by atoms with Crippen molar-refractivity contribution in [2.24, 2.45) is 0 Å². The number of nitrogens with zero attached hydrogens (tertiary/aromatic N) is 1. The second-order valence-electron chi connectivity index (χ2n) is 12.8. The average molecular weight is 657 g/mol. The van der Waals surface area contributed by atoms with E-state index < -0.39 is 12.4 Å². The van der Waals surface area contributed by atoms with Crippen molar-refractivity contribution >= 4 is 5.91 Å². The Bertz CT molecular complexity index is 1800. The zero-order chi connectivity index (χ0) is 34.2. The molecule has 1 amide bonds. The van der Waals surface area contributed by atoms with E-state index >= 15 is 0 Å². The first kappa shape index (κ1) is 34.2. The van der Waals surface area contributed by atoms with Crippen LogP contribution in [0.3, 0.4) is 0 Å². The Balaban J connectivity index is 1.20. The molecule has 1 aliphatic heterocycles. The van der Waals surface area contributed by atoms with Gasteiger partial charge in [-0.05, 0) is 71.6 Å². The summed E-state index contributed by atoms with van der Waals surface area (Å²) in [6.45, 7) is 3.04. The number of benzene rings is 5. The summed E-state index contributed by atoms with van der Waals surface area (Å²) < 4.78 is 13.3. The van der Waals surface area contributed by atoms with E-state index in [0.29, 0.717) is 25.1 Å². The molecule has 49 heavy (non-hydrogen) atoms. The summed E-state index contributed by atoms with van der Waals surface area (Å²) in [5.74, 6) is -0.107. The van der Waals surface area contributed by atoms with E-state index in [1.54, 1.807) is 12.1 Å². The van der Waals surface area contributed by atoms with Crippen LogP contribution in [0.4, 0.5) is 0 Å². The highest BCUT2D eigenvalue weighted by Crippen LogP contribution is 2.39. The number of hydrogen-bond acceptors (Lipinski definition) is 6. The second-order valence-corrected chi connectivity index (χ2v) is 12.8. The van der Waals surface area contributed by atoms with Crippen molar-refractivity contribution in [3.8, 4) is 11.1 Å². The highest BCUT2D eigenvalue weighted by Gasteiger charge is 2.34. The maximum absolute atomic E-state index is 12.6. The van der Waals surface area contributed by atoms with Gasteiger partial charge in [-0.3, -0.25) is 9.69 Å². The van der Waals surface area contributed by atoms with E-state index in [-0.39, 0.29) is 30.8 Å². The fourth-order valence-electron chi connectivity index (χ4n) is 6.29. The highest BCUT2D eigenvalue weighted by molar-refractivity contribution is 5.94. The molecule has 1 aliphatic rings. The molecule has 252 valence electrons. The van der Waals surface area contributed by atoms with Crippen LogP contribution in [0.15, 0.2) is 133 Å². The molecule has 5 aromatic rings. The van der Waals surface area contributed by atoms with Gasteiger partial charge in [0.15, 0.2) is 6.29 Å². The van der Waals surface area contributed by atoms with Crippen LogP contribution in [0, 0.1) is 0 Å². The summed E-state index contributed by atoms with van der Waals surface area (Å²) in [4.78, 5) is 14.8. The summed E-state index contributed by atoms with van der Waals surface area (Å²) in [5, 5.41) is 23.7. The summed E-state index contributed by atoms with van der Waals surface area (Å²) in [7, 11) is 2.02. The number of carbonyl (C=O) groups is 1. The maximum atomic E-state index is 12.6. The van der Waals surface area contributed by atoms with Crippen LogP contribution >= 0.6 is 0 Å². The predicted molar refractivity (Wildman–Crippen MR) is 191 cm³/mol. The number of hydrogen-bond donors (Lipinski definition) is 3. The third kappa shape index (κ3) is 8.70. The molecule has 5 unspecified atom stereocenters. The molecule has 7 heteroatoms. The SMILES string of the molecule is CC(C(O)c1ccccc1)N(C)CC1CC(c2ccc(CO)cc2)OC(c2cccc(-c3cccc(CNC(=O)c4ccccc4)c3)c2)O1. The molecule has 0 aromatic heterocycles. The third-order valence-electron chi connectivity index (χ3n) is 9.31. The summed E-state index contributed by atoms with van der Waals surface area (Å²) in [5.41, 5.74) is 7.34. The molecule has 1 saturated heterocycles. The first-order valence-electron chi connectivity index (χ1n) is 16.8. The first-order chi connectivity index (χ1) is 23.9. The molecule has 1 fully saturated rings. The minimum Gasteiger partial charge on any atom is -0.392 e. The van der Waals surface area contributed by atoms with E-state index in [0.717, 1.165) is 38.9 Å². The lowest BCUT2D eigenvalue weighted by Crippen LogP contribution is -2.43. The predicted octanol–water partition coefficient (Wildman–Crippen LogP) is 7.38. The molecular formula is C42H44N2O5. The third-order valence-corrected chi connectivity index (χ3v) is 9.31. The molecule has 0 saturated carbocycles. The van der Waals surface area contributed by atoms with Gasteiger partial charge in [-0.25, -0.2) is 0 Å². The lowest BCUT2D eigenvalue weighted by molar-refractivity contribution is -0.253. The zero-order valence-electron chi connectivity index (χ0n) is 28.0. The Hall–Kier alpha value is -4.63. The van der Waals surface area contributed by atoms with Gasteiger partial charge in [0.25, 0.3) is 5.91 Å². The molecule has 1 heterocycles. The number of likely N-dealkylation sites (N-methyl/N-ethyl adjacent to an activating group) is 1. The van der Waals surface area contributed by atoms with Crippen molar-refractivity contribution in [2.45, 2.75) is 57.1 Å². The lowest BCUT2D eigenvalue weighted by atomic mass is 9.97. The van der Waals surface area contributed by atoms with Crippen LogP contribution in [0.1, 0.15) is 70.0 Å². The lowest BCUT2D eigenvalue weighted by Gasteiger charge is -2.39. The van der Waals surface area contributed by atoms with Gasteiger partial charge in [-0.1, -0.05) is 109 Å². The van der Waals surface area contributed by atoms with Gasteiger partial charge in [-0.15, -0.1) is 0 Å². The van der Waals surface area contributed by atoms with Crippen LogP contribution in [0.5, 0.6) is 0 Å². The van der Waals surface area contributed by atoms with Gasteiger partial charge in [0, 0.05) is 36.7 Å². The van der Waals surface area contributed by atoms with Gasteiger partial charge in [-0.2, -0.15) is 0 Å². The fourth-order valence-corrected chi connectivity index (χ4v) is 6.29. The number of ether oxygens (including phenoxy) is 2. The second kappa shape index (κ2) is 16.2. The van der Waals surface area contributed by atoms with Crippen LogP contribution < -0.4 is 5.32 Å². The van der Waals surface area contributed by atoms with Crippen molar-refractivity contribution in [2.75, 3.05) is 13.6 Å². The van der Waals surface area contributed by atoms with E-state index in [9.17, 15) is 15.0 Å². The van der Waals surface area contributed by atoms with Crippen LogP contribution in [-0.2, 0) is 22.6 Å². The largest absolute Gasteiger partial charge is 0.392 e. The number of aliphatic hydroxyl groups is 2. The van der Waals surface area contributed by atoms with Gasteiger partial charge < -0.3 is 25.0 Å². The molecule has 7 nitrogen and oxygen atoms in total. The topological polar surface area (TPSA) is 91.3 Å². The molecule has 0 spiro atoms. The Labute approximate surface area is 288 Å². The number of aliphatic hydroxyl groups excluding tert-OH is 2. The van der Waals surface area contributed by atoms with Crippen LogP contribution in [0.25, 0.3) is 11.1 Å². The average Bonchev–Trinajstić information content (AvgIpc) is 3.17. The molecule has 0 radical (unpaired) electrons. The van der Waals surface area contributed by atoms with Gasteiger partial charge in [0.05, 0.1) is 24.9 Å². The standard InChI is InChI=1S/C42H44N2O5/c1-29(40(46)33-12-5-3-6-13-33)44(2)27-38-25-39(32-21-19-30(28-45)20-22-32)49-42(48-38)37-18-10-17-36(24-37)35-16-9-11-31(23-35)26-43-41(47)34-14-7-4-8-15-34/h3-24,29,38-40,42,45-46H,25-28H2,1-2H3,(H,43,47). The Morgan fingerprint density at radius 3 is 2.18 bits per heavy atom. The number of rotatable bonds is 12. The monoisotopic (exact) mass is 656 g/mol. The maximum Gasteiger partial charge on any atom is 0.251 e. The van der Waals surface area contributed by atoms with Gasteiger partial charge >= 0.3 is 0 Å². The Morgan fingerprint density at radius 2 is 1.47 bits per heavy atom. The first-order valence-corrected chi connectivity index (χ1v) is 16.8. The summed E-state index contributed by atoms with van der Waals surface area (Å²) in [6, 6.07) is 43.1.